The molecule has 0 radical (unpaired) electrons. The molecule has 0 amide bonds. The lowest BCUT2D eigenvalue weighted by molar-refractivity contribution is 0.344. The van der Waals surface area contributed by atoms with Crippen molar-refractivity contribution < 1.29 is 0 Å². The van der Waals surface area contributed by atoms with Crippen LogP contribution in [0.4, 0.5) is 0 Å². The van der Waals surface area contributed by atoms with E-state index in [2.05, 4.69) is 51.4 Å². The van der Waals surface area contributed by atoms with Gasteiger partial charge in [0, 0.05) is 25.2 Å². The van der Waals surface area contributed by atoms with Gasteiger partial charge >= 0.3 is 0 Å². The summed E-state index contributed by atoms with van der Waals surface area (Å²) in [5.74, 6) is 2.04. The van der Waals surface area contributed by atoms with E-state index >= 15 is 0 Å². The molecule has 2 atom stereocenters. The third kappa shape index (κ3) is 2.77. The van der Waals surface area contributed by atoms with Gasteiger partial charge in [-0.1, -0.05) is 6.92 Å². The second kappa shape index (κ2) is 6.02. The summed E-state index contributed by atoms with van der Waals surface area (Å²) in [6.07, 6.45) is 5.13. The monoisotopic (exact) mass is 327 g/mol. The minimum absolute atomic E-state index is 0.243. The Morgan fingerprint density at radius 3 is 3.26 bits per heavy atom. The largest absolute Gasteiger partial charge is 0.301 e. The summed E-state index contributed by atoms with van der Waals surface area (Å²) < 4.78 is 3.32. The molecule has 5 nitrogen and oxygen atoms in total. The third-order valence-corrected chi connectivity index (χ3v) is 5.36. The van der Waals surface area contributed by atoms with Crippen molar-refractivity contribution in [2.45, 2.75) is 51.7 Å². The minimum Gasteiger partial charge on any atom is -0.301 e. The summed E-state index contributed by atoms with van der Waals surface area (Å²) in [7, 11) is 0. The molecule has 0 saturated carbocycles. The summed E-state index contributed by atoms with van der Waals surface area (Å²) in [6, 6.07) is 4.82. The van der Waals surface area contributed by atoms with Crippen molar-refractivity contribution in [3.8, 4) is 0 Å². The van der Waals surface area contributed by atoms with Crippen molar-refractivity contribution in [1.82, 2.24) is 25.1 Å². The van der Waals surface area contributed by atoms with Gasteiger partial charge in [0.1, 0.15) is 5.82 Å². The van der Waals surface area contributed by atoms with Gasteiger partial charge in [0.2, 0.25) is 0 Å². The van der Waals surface area contributed by atoms with E-state index in [0.29, 0.717) is 0 Å². The van der Waals surface area contributed by atoms with Crippen LogP contribution in [-0.2, 0) is 13.0 Å². The zero-order valence-corrected chi connectivity index (χ0v) is 14.3. The average molecular weight is 327 g/mol. The quantitative estimate of drug-likeness (QED) is 0.795. The topological polar surface area (TPSA) is 55.6 Å². The predicted octanol–water partition coefficient (Wildman–Crippen LogP) is 3.64. The molecule has 0 aliphatic carbocycles. The molecule has 0 spiro atoms. The first-order valence-corrected chi connectivity index (χ1v) is 9.15. The van der Waals surface area contributed by atoms with Gasteiger partial charge in [-0.25, -0.2) is 9.67 Å². The number of nitrogens with zero attached hydrogens (tertiary/aromatic N) is 4. The summed E-state index contributed by atoms with van der Waals surface area (Å²) >= 11 is 1.74. The molecule has 0 saturated heterocycles. The van der Waals surface area contributed by atoms with Gasteiger partial charge < -0.3 is 5.32 Å². The van der Waals surface area contributed by atoms with E-state index in [4.69, 9.17) is 4.98 Å². The van der Waals surface area contributed by atoms with Crippen molar-refractivity contribution >= 4 is 21.6 Å². The number of aromatic nitrogens is 4. The SMILES string of the molecule is CCc1nc2n(n1)CCCC2NC(C)c1cnc2ccsc2c1. The van der Waals surface area contributed by atoms with E-state index in [9.17, 15) is 0 Å². The molecule has 0 fully saturated rings. The van der Waals surface area contributed by atoms with Gasteiger partial charge in [0.15, 0.2) is 5.82 Å². The van der Waals surface area contributed by atoms with Crippen LogP contribution in [-0.4, -0.2) is 19.7 Å². The molecule has 4 heterocycles. The number of hydrogen-bond donors (Lipinski definition) is 1. The average Bonchev–Trinajstić information content (AvgIpc) is 3.20. The van der Waals surface area contributed by atoms with Crippen LogP contribution in [0.25, 0.3) is 10.2 Å². The molecule has 0 aromatic carbocycles. The number of aryl methyl sites for hydroxylation is 2. The Morgan fingerprint density at radius 1 is 1.48 bits per heavy atom. The van der Waals surface area contributed by atoms with Gasteiger partial charge in [0.25, 0.3) is 0 Å². The van der Waals surface area contributed by atoms with Gasteiger partial charge in [-0.3, -0.25) is 4.98 Å². The highest BCUT2D eigenvalue weighted by Gasteiger charge is 2.25. The molecular weight excluding hydrogens is 306 g/mol. The lowest BCUT2D eigenvalue weighted by atomic mass is 10.0. The lowest BCUT2D eigenvalue weighted by Gasteiger charge is -2.26. The number of rotatable bonds is 4. The second-order valence-corrected chi connectivity index (χ2v) is 7.07. The first-order chi connectivity index (χ1) is 11.2. The molecule has 6 heteroatoms. The number of thiophene rings is 1. The Hall–Kier alpha value is -1.79. The van der Waals surface area contributed by atoms with E-state index in [1.165, 1.54) is 10.3 Å². The Morgan fingerprint density at radius 2 is 2.39 bits per heavy atom. The van der Waals surface area contributed by atoms with Crippen LogP contribution >= 0.6 is 11.3 Å². The van der Waals surface area contributed by atoms with Crippen LogP contribution in [0.1, 0.15) is 56.0 Å². The van der Waals surface area contributed by atoms with Gasteiger partial charge in [0.05, 0.1) is 16.3 Å². The normalized spacial score (nSPS) is 19.0. The zero-order chi connectivity index (χ0) is 15.8. The van der Waals surface area contributed by atoms with Crippen molar-refractivity contribution in [2.75, 3.05) is 0 Å². The van der Waals surface area contributed by atoms with E-state index in [1.807, 2.05) is 6.20 Å². The van der Waals surface area contributed by atoms with E-state index in [1.54, 1.807) is 11.3 Å². The fourth-order valence-electron chi connectivity index (χ4n) is 3.20. The highest BCUT2D eigenvalue weighted by molar-refractivity contribution is 7.17. The molecule has 1 aliphatic rings. The molecule has 1 aliphatic heterocycles. The van der Waals surface area contributed by atoms with Crippen molar-refractivity contribution in [3.05, 3.63) is 40.9 Å². The summed E-state index contributed by atoms with van der Waals surface area (Å²) in [6.45, 7) is 5.29. The molecule has 3 aromatic rings. The number of pyridine rings is 1. The summed E-state index contributed by atoms with van der Waals surface area (Å²) in [5.41, 5.74) is 2.31. The van der Waals surface area contributed by atoms with Crippen molar-refractivity contribution in [1.29, 1.82) is 0 Å². The predicted molar refractivity (Wildman–Crippen MR) is 92.5 cm³/mol. The molecule has 4 rings (SSSR count). The van der Waals surface area contributed by atoms with E-state index < -0.39 is 0 Å². The standard InChI is InChI=1S/C17H21N5S/c1-3-16-20-17-14(5-4-7-22(17)21-16)19-11(2)12-9-15-13(18-10-12)6-8-23-15/h6,8-11,14,19H,3-5,7H2,1-2H3. The number of fused-ring (bicyclic) bond motifs is 2. The minimum atomic E-state index is 0.243. The highest BCUT2D eigenvalue weighted by Crippen LogP contribution is 2.28. The molecule has 3 aromatic heterocycles. The second-order valence-electron chi connectivity index (χ2n) is 6.12. The third-order valence-electron chi connectivity index (χ3n) is 4.51. The Balaban J connectivity index is 1.56. The highest BCUT2D eigenvalue weighted by atomic mass is 32.1. The maximum atomic E-state index is 4.71. The van der Waals surface area contributed by atoms with E-state index in [0.717, 1.165) is 43.0 Å². The van der Waals surface area contributed by atoms with Crippen LogP contribution < -0.4 is 5.32 Å². The first-order valence-electron chi connectivity index (χ1n) is 8.27. The van der Waals surface area contributed by atoms with Crippen molar-refractivity contribution in [3.63, 3.8) is 0 Å². The Bertz CT molecular complexity index is 821. The molecule has 1 N–H and O–H groups in total. The van der Waals surface area contributed by atoms with Crippen LogP contribution in [0.15, 0.2) is 23.7 Å². The first kappa shape index (κ1) is 14.8. The lowest BCUT2D eigenvalue weighted by Crippen LogP contribution is -2.30. The number of hydrogen-bond acceptors (Lipinski definition) is 5. The Kier molecular flexibility index (Phi) is 3.87. The van der Waals surface area contributed by atoms with Crippen LogP contribution in [0.2, 0.25) is 0 Å². The molecule has 0 bridgehead atoms. The smallest absolute Gasteiger partial charge is 0.150 e. The molecular formula is C17H21N5S. The van der Waals surface area contributed by atoms with E-state index in [-0.39, 0.29) is 12.1 Å². The Labute approximate surface area is 139 Å². The van der Waals surface area contributed by atoms with Crippen LogP contribution in [0.3, 0.4) is 0 Å². The summed E-state index contributed by atoms with van der Waals surface area (Å²) in [5, 5.41) is 10.4. The van der Waals surface area contributed by atoms with Crippen LogP contribution in [0.5, 0.6) is 0 Å². The molecule has 23 heavy (non-hydrogen) atoms. The fourth-order valence-corrected chi connectivity index (χ4v) is 3.99. The zero-order valence-electron chi connectivity index (χ0n) is 13.5. The maximum absolute atomic E-state index is 4.71. The fraction of sp³-hybridized carbons (Fsp3) is 0.471. The maximum Gasteiger partial charge on any atom is 0.150 e. The summed E-state index contributed by atoms with van der Waals surface area (Å²) in [4.78, 5) is 9.27. The van der Waals surface area contributed by atoms with Gasteiger partial charge in [-0.2, -0.15) is 5.10 Å². The molecule has 120 valence electrons. The van der Waals surface area contributed by atoms with Gasteiger partial charge in [-0.05, 0) is 42.8 Å². The van der Waals surface area contributed by atoms with Crippen LogP contribution in [0, 0.1) is 0 Å². The number of nitrogens with one attached hydrogen (secondary N) is 1. The van der Waals surface area contributed by atoms with Gasteiger partial charge in [-0.15, -0.1) is 11.3 Å². The van der Waals surface area contributed by atoms with Crippen molar-refractivity contribution in [2.24, 2.45) is 0 Å². The molecule has 2 unspecified atom stereocenters.